The van der Waals surface area contributed by atoms with Crippen LogP contribution < -0.4 is 14.2 Å². The van der Waals surface area contributed by atoms with Crippen molar-refractivity contribution >= 4 is 69.1 Å². The quantitative estimate of drug-likeness (QED) is 0.0181. The molecule has 0 bridgehead atoms. The van der Waals surface area contributed by atoms with Crippen LogP contribution in [-0.2, 0) is 39.8 Å². The zero-order valence-electron chi connectivity index (χ0n) is 39.0. The van der Waals surface area contributed by atoms with Crippen molar-refractivity contribution < 1.29 is 47.6 Å². The van der Waals surface area contributed by atoms with Gasteiger partial charge in [0.25, 0.3) is 0 Å². The first-order chi connectivity index (χ1) is 30.7. The first kappa shape index (κ1) is 51.3. The number of hydrogen-bond donors (Lipinski definition) is 0. The van der Waals surface area contributed by atoms with E-state index < -0.39 is 46.1 Å². The van der Waals surface area contributed by atoms with Gasteiger partial charge in [0.15, 0.2) is 0 Å². The van der Waals surface area contributed by atoms with E-state index in [1.165, 1.54) is 0 Å². The molecule has 0 amide bonds. The lowest BCUT2D eigenvalue weighted by atomic mass is 9.73. The van der Waals surface area contributed by atoms with Gasteiger partial charge in [-0.15, -0.1) is 0 Å². The molecule has 10 nitrogen and oxygen atoms in total. The van der Waals surface area contributed by atoms with E-state index in [0.717, 1.165) is 36.8 Å². The molecule has 4 aromatic carbocycles. The number of allylic oxidation sites excluding steroid dienone is 1. The minimum absolute atomic E-state index is 0.138. The van der Waals surface area contributed by atoms with Crippen molar-refractivity contribution in [3.05, 3.63) is 143 Å². The number of carbonyl (C=O) groups excluding carboxylic acids is 4. The molecule has 1 aliphatic rings. The highest BCUT2D eigenvalue weighted by Crippen LogP contribution is 2.43. The lowest BCUT2D eigenvalue weighted by Gasteiger charge is -2.33. The summed E-state index contributed by atoms with van der Waals surface area (Å²) in [5, 5.41) is 0. The maximum Gasteiger partial charge on any atom is 0.339 e. The molecule has 0 radical (unpaired) electrons. The number of rotatable bonds is 18. The van der Waals surface area contributed by atoms with Gasteiger partial charge < -0.3 is 28.4 Å². The van der Waals surface area contributed by atoms with Gasteiger partial charge in [0.05, 0.1) is 18.1 Å². The Hall–Kier alpha value is -4.70. The van der Waals surface area contributed by atoms with Crippen molar-refractivity contribution in [2.24, 2.45) is 5.41 Å². The predicted octanol–water partition coefficient (Wildman–Crippen LogP) is 13.1. The molecule has 5 rings (SSSR count). The van der Waals surface area contributed by atoms with Crippen molar-refractivity contribution in [1.29, 1.82) is 0 Å². The van der Waals surface area contributed by atoms with Crippen LogP contribution in [0.5, 0.6) is 17.2 Å². The summed E-state index contributed by atoms with van der Waals surface area (Å²) in [6, 6.07) is 29.0. The van der Waals surface area contributed by atoms with Crippen molar-refractivity contribution in [3.8, 4) is 17.2 Å². The van der Waals surface area contributed by atoms with E-state index in [0.29, 0.717) is 47.3 Å². The van der Waals surface area contributed by atoms with Crippen molar-refractivity contribution in [2.45, 2.75) is 125 Å². The Morgan fingerprint density at radius 1 is 0.631 bits per heavy atom. The second-order valence-electron chi connectivity index (χ2n) is 17.6. The van der Waals surface area contributed by atoms with Gasteiger partial charge in [0, 0.05) is 11.1 Å². The van der Waals surface area contributed by atoms with Gasteiger partial charge >= 0.3 is 23.9 Å². The molecule has 1 unspecified atom stereocenters. The number of carbonyl (C=O) groups is 4. The largest absolute Gasteiger partial charge is 0.457 e. The molecule has 0 aromatic heterocycles. The normalized spacial score (nSPS) is 15.4. The maximum atomic E-state index is 14.5. The van der Waals surface area contributed by atoms with Crippen LogP contribution >= 0.6 is 45.2 Å². The molecule has 0 heterocycles. The Labute approximate surface area is 411 Å². The Morgan fingerprint density at radius 3 is 1.65 bits per heavy atom. The van der Waals surface area contributed by atoms with E-state index in [9.17, 15) is 19.2 Å². The van der Waals surface area contributed by atoms with Gasteiger partial charge in [-0.3, -0.25) is 4.79 Å². The van der Waals surface area contributed by atoms with E-state index in [-0.39, 0.29) is 24.5 Å². The Kier molecular flexibility index (Phi) is 17.1. The molecular formula is C53H60I2O10. The molecule has 65 heavy (non-hydrogen) atoms. The van der Waals surface area contributed by atoms with Crippen LogP contribution in [0, 0.1) is 12.6 Å². The zero-order valence-corrected chi connectivity index (χ0v) is 43.3. The van der Waals surface area contributed by atoms with Crippen LogP contribution in [0.4, 0.5) is 0 Å². The van der Waals surface area contributed by atoms with E-state index in [4.69, 9.17) is 28.4 Å². The summed E-state index contributed by atoms with van der Waals surface area (Å²) in [6.45, 7) is 17.8. The molecule has 0 N–H and O–H groups in total. The van der Waals surface area contributed by atoms with E-state index in [1.54, 1.807) is 64.1 Å². The van der Waals surface area contributed by atoms with Crippen LogP contribution in [0.1, 0.15) is 129 Å². The maximum absolute atomic E-state index is 14.5. The van der Waals surface area contributed by atoms with E-state index in [2.05, 4.69) is 45.2 Å². The Bertz CT molecular complexity index is 2390. The lowest BCUT2D eigenvalue weighted by molar-refractivity contribution is -0.155. The molecular weight excluding hydrogens is 1050 g/mol. The van der Waals surface area contributed by atoms with Crippen LogP contribution in [-0.4, -0.2) is 36.3 Å². The summed E-state index contributed by atoms with van der Waals surface area (Å²) in [5.41, 5.74) is -0.399. The molecule has 1 saturated carbocycles. The third-order valence-corrected chi connectivity index (χ3v) is 14.0. The number of esters is 4. The second-order valence-corrected chi connectivity index (χ2v) is 20.0. The smallest absolute Gasteiger partial charge is 0.339 e. The number of benzene rings is 4. The lowest BCUT2D eigenvalue weighted by Crippen LogP contribution is -2.37. The summed E-state index contributed by atoms with van der Waals surface area (Å²) in [7, 11) is 0. The first-order valence-corrected chi connectivity index (χ1v) is 24.1. The summed E-state index contributed by atoms with van der Waals surface area (Å²) in [6.07, 6.45) is 4.49. The number of hydrogen-bond acceptors (Lipinski definition) is 10. The summed E-state index contributed by atoms with van der Waals surface area (Å²) in [5.74, 6) is -0.922. The first-order valence-electron chi connectivity index (χ1n) is 21.9. The molecule has 4 aromatic rings. The highest BCUT2D eigenvalue weighted by atomic mass is 127. The van der Waals surface area contributed by atoms with Gasteiger partial charge in [0.1, 0.15) is 34.1 Å². The van der Waals surface area contributed by atoms with Crippen LogP contribution in [0.25, 0.3) is 0 Å². The fraction of sp³-hybridized carbons (Fsp3) is 0.396. The summed E-state index contributed by atoms with van der Waals surface area (Å²) in [4.78, 5) is 55.7. The molecule has 346 valence electrons. The minimum atomic E-state index is -1.40. The standard InChI is InChI=1S/C53H60I2O10/c1-11-52(10,44(34(3)35(4)46(56)65-53(12-2)29-19-20-30-53)36(5)47(57)63-50(6,7)38-21-15-13-16-22-38)49(59)62-41-27-25-40(26-28-41)60-33-61-45-42(54)31-37(32-43(45)55)48(58)64-51(8,9)39-23-17-14-18-24-39/h13-18,21-28,31-32H,11-12,19-20,29-30,33H2,1-10H3/b35-34+,44-36+. The number of halogens is 2. The van der Waals surface area contributed by atoms with Crippen LogP contribution in [0.2, 0.25) is 0 Å². The van der Waals surface area contributed by atoms with Crippen molar-refractivity contribution in [3.63, 3.8) is 0 Å². The molecule has 0 spiro atoms. The van der Waals surface area contributed by atoms with Crippen molar-refractivity contribution in [1.82, 2.24) is 0 Å². The summed E-state index contributed by atoms with van der Waals surface area (Å²) >= 11 is 4.24. The molecule has 0 saturated heterocycles. The minimum Gasteiger partial charge on any atom is -0.457 e. The Balaban J connectivity index is 1.32. The highest BCUT2D eigenvalue weighted by Gasteiger charge is 2.43. The molecule has 0 aliphatic heterocycles. The Morgan fingerprint density at radius 2 is 1.14 bits per heavy atom. The van der Waals surface area contributed by atoms with Crippen LogP contribution in [0.15, 0.2) is 119 Å². The average molecular weight is 1110 g/mol. The topological polar surface area (TPSA) is 124 Å². The number of ether oxygens (including phenoxy) is 6. The molecule has 1 atom stereocenters. The van der Waals surface area contributed by atoms with E-state index in [1.807, 2.05) is 102 Å². The molecule has 12 heteroatoms. The third-order valence-electron chi connectivity index (χ3n) is 12.4. The van der Waals surface area contributed by atoms with Gasteiger partial charge in [0.2, 0.25) is 6.79 Å². The van der Waals surface area contributed by atoms with E-state index >= 15 is 0 Å². The highest BCUT2D eigenvalue weighted by molar-refractivity contribution is 14.1. The molecule has 1 fully saturated rings. The monoisotopic (exact) mass is 1110 g/mol. The van der Waals surface area contributed by atoms with Gasteiger partial charge in [-0.25, -0.2) is 14.4 Å². The summed E-state index contributed by atoms with van der Waals surface area (Å²) < 4.78 is 37.6. The SMILES string of the molecule is CCC1(OC(=O)/C(C)=C(C)/C(=C(/C)C(=O)OC(C)(C)c2ccccc2)C(C)(CC)C(=O)Oc2ccc(OCOc3c(I)cc(C(=O)OC(C)(C)c4ccccc4)cc3I)cc2)CCCC1. The van der Waals surface area contributed by atoms with Gasteiger partial charge in [-0.1, -0.05) is 74.5 Å². The van der Waals surface area contributed by atoms with Gasteiger partial charge in [-0.2, -0.15) is 0 Å². The third kappa shape index (κ3) is 12.4. The van der Waals surface area contributed by atoms with Crippen molar-refractivity contribution in [2.75, 3.05) is 6.79 Å². The fourth-order valence-corrected chi connectivity index (χ4v) is 10.1. The van der Waals surface area contributed by atoms with Gasteiger partial charge in [-0.05, 0) is 198 Å². The molecule has 1 aliphatic carbocycles. The predicted molar refractivity (Wildman–Crippen MR) is 268 cm³/mol. The second kappa shape index (κ2) is 21.7. The average Bonchev–Trinajstić information content (AvgIpc) is 3.76. The zero-order chi connectivity index (χ0) is 47.7. The fourth-order valence-electron chi connectivity index (χ4n) is 7.99. The van der Waals surface area contributed by atoms with Crippen LogP contribution in [0.3, 0.4) is 0 Å².